The van der Waals surface area contributed by atoms with Crippen LogP contribution in [-0.2, 0) is 0 Å². The van der Waals surface area contributed by atoms with E-state index in [9.17, 15) is 4.79 Å². The SMILES string of the molecule is O=C1NCCOc2c1oc1cc(Cl)ccc21. The van der Waals surface area contributed by atoms with Crippen LogP contribution in [0, 0.1) is 0 Å². The molecule has 1 aliphatic heterocycles. The van der Waals surface area contributed by atoms with E-state index in [0.717, 1.165) is 5.39 Å². The maximum absolute atomic E-state index is 11.6. The van der Waals surface area contributed by atoms with Crippen molar-refractivity contribution < 1.29 is 13.9 Å². The molecule has 0 spiro atoms. The van der Waals surface area contributed by atoms with Gasteiger partial charge in [0, 0.05) is 11.1 Å². The molecule has 0 aliphatic carbocycles. The molecule has 0 bridgehead atoms. The molecule has 0 fully saturated rings. The molecule has 5 heteroatoms. The number of benzene rings is 1. The van der Waals surface area contributed by atoms with Crippen LogP contribution in [-0.4, -0.2) is 19.1 Å². The van der Waals surface area contributed by atoms with Crippen molar-refractivity contribution in [3.63, 3.8) is 0 Å². The number of furan rings is 1. The van der Waals surface area contributed by atoms with E-state index in [1.54, 1.807) is 18.2 Å². The molecule has 82 valence electrons. The van der Waals surface area contributed by atoms with Crippen molar-refractivity contribution in [1.29, 1.82) is 0 Å². The smallest absolute Gasteiger partial charge is 0.291 e. The molecule has 2 aromatic rings. The number of carbonyl (C=O) groups is 1. The Kier molecular flexibility index (Phi) is 2.04. The lowest BCUT2D eigenvalue weighted by Gasteiger charge is -1.99. The molecule has 2 heterocycles. The summed E-state index contributed by atoms with van der Waals surface area (Å²) in [4.78, 5) is 11.6. The van der Waals surface area contributed by atoms with E-state index in [-0.39, 0.29) is 11.7 Å². The number of rotatable bonds is 0. The third-order valence-electron chi connectivity index (χ3n) is 2.45. The zero-order valence-electron chi connectivity index (χ0n) is 8.25. The van der Waals surface area contributed by atoms with E-state index < -0.39 is 0 Å². The number of fused-ring (bicyclic) bond motifs is 3. The Morgan fingerprint density at radius 3 is 3.12 bits per heavy atom. The minimum atomic E-state index is -0.250. The molecule has 1 aliphatic rings. The van der Waals surface area contributed by atoms with Crippen molar-refractivity contribution >= 4 is 28.5 Å². The minimum absolute atomic E-state index is 0.217. The normalized spacial score (nSPS) is 15.2. The molecule has 1 amide bonds. The second-order valence-corrected chi connectivity index (χ2v) is 3.94. The van der Waals surface area contributed by atoms with Gasteiger partial charge < -0.3 is 14.5 Å². The fraction of sp³-hybridized carbons (Fsp3) is 0.182. The predicted molar refractivity (Wildman–Crippen MR) is 59.1 cm³/mol. The van der Waals surface area contributed by atoms with Gasteiger partial charge in [-0.05, 0) is 12.1 Å². The van der Waals surface area contributed by atoms with E-state index in [0.29, 0.717) is 29.5 Å². The Morgan fingerprint density at radius 1 is 1.38 bits per heavy atom. The fourth-order valence-corrected chi connectivity index (χ4v) is 1.90. The van der Waals surface area contributed by atoms with E-state index in [1.807, 2.05) is 0 Å². The summed E-state index contributed by atoms with van der Waals surface area (Å²) in [5.41, 5.74) is 0.564. The molecule has 1 aromatic heterocycles. The van der Waals surface area contributed by atoms with Crippen molar-refractivity contribution in [2.45, 2.75) is 0 Å². The van der Waals surface area contributed by atoms with Crippen LogP contribution in [0.15, 0.2) is 22.6 Å². The van der Waals surface area contributed by atoms with Gasteiger partial charge in [-0.2, -0.15) is 0 Å². The number of hydrogen-bond donors (Lipinski definition) is 1. The molecule has 1 aromatic carbocycles. The molecule has 0 unspecified atom stereocenters. The maximum atomic E-state index is 11.6. The number of nitrogens with one attached hydrogen (secondary N) is 1. The van der Waals surface area contributed by atoms with Gasteiger partial charge in [0.25, 0.3) is 5.91 Å². The second kappa shape index (κ2) is 3.42. The van der Waals surface area contributed by atoms with Crippen molar-refractivity contribution in [2.24, 2.45) is 0 Å². The van der Waals surface area contributed by atoms with Crippen LogP contribution in [0.2, 0.25) is 5.02 Å². The first-order valence-electron chi connectivity index (χ1n) is 4.89. The molecular weight excluding hydrogens is 230 g/mol. The second-order valence-electron chi connectivity index (χ2n) is 3.51. The highest BCUT2D eigenvalue weighted by Gasteiger charge is 2.24. The molecular formula is C11H8ClNO3. The fourth-order valence-electron chi connectivity index (χ4n) is 1.74. The molecule has 0 saturated heterocycles. The number of hydrogen-bond acceptors (Lipinski definition) is 3. The van der Waals surface area contributed by atoms with Crippen molar-refractivity contribution in [3.05, 3.63) is 29.0 Å². The first-order valence-corrected chi connectivity index (χ1v) is 5.26. The first-order chi connectivity index (χ1) is 7.75. The molecule has 1 N–H and O–H groups in total. The van der Waals surface area contributed by atoms with Gasteiger partial charge in [-0.15, -0.1) is 0 Å². The average molecular weight is 238 g/mol. The highest BCUT2D eigenvalue weighted by Crippen LogP contribution is 2.35. The first kappa shape index (κ1) is 9.54. The summed E-state index contributed by atoms with van der Waals surface area (Å²) in [6.07, 6.45) is 0. The van der Waals surface area contributed by atoms with Crippen LogP contribution < -0.4 is 10.1 Å². The van der Waals surface area contributed by atoms with Crippen LogP contribution >= 0.6 is 11.6 Å². The molecule has 16 heavy (non-hydrogen) atoms. The standard InChI is InChI=1S/C11H8ClNO3/c12-6-1-2-7-8(5-6)16-10-9(7)15-4-3-13-11(10)14/h1-2,5H,3-4H2,(H,13,14). The Morgan fingerprint density at radius 2 is 2.25 bits per heavy atom. The Labute approximate surface area is 96.1 Å². The predicted octanol–water partition coefficient (Wildman–Crippen LogP) is 2.21. The van der Waals surface area contributed by atoms with E-state index in [2.05, 4.69) is 5.32 Å². The van der Waals surface area contributed by atoms with E-state index in [1.165, 1.54) is 0 Å². The van der Waals surface area contributed by atoms with Gasteiger partial charge in [0.1, 0.15) is 12.2 Å². The van der Waals surface area contributed by atoms with Crippen LogP contribution in [0.3, 0.4) is 0 Å². The lowest BCUT2D eigenvalue weighted by molar-refractivity contribution is 0.0932. The summed E-state index contributed by atoms with van der Waals surface area (Å²) in [5.74, 6) is 0.469. The van der Waals surface area contributed by atoms with Crippen LogP contribution in [0.1, 0.15) is 10.6 Å². The summed E-state index contributed by atoms with van der Waals surface area (Å²) in [7, 11) is 0. The summed E-state index contributed by atoms with van der Waals surface area (Å²) < 4.78 is 10.9. The van der Waals surface area contributed by atoms with E-state index in [4.69, 9.17) is 20.8 Å². The van der Waals surface area contributed by atoms with Gasteiger partial charge >= 0.3 is 0 Å². The van der Waals surface area contributed by atoms with Crippen molar-refractivity contribution in [1.82, 2.24) is 5.32 Å². The van der Waals surface area contributed by atoms with Gasteiger partial charge in [-0.1, -0.05) is 11.6 Å². The summed E-state index contributed by atoms with van der Waals surface area (Å²) in [6, 6.07) is 5.20. The maximum Gasteiger partial charge on any atom is 0.291 e. The number of amides is 1. The Bertz CT molecular complexity index is 576. The molecule has 3 rings (SSSR count). The number of ether oxygens (including phenoxy) is 1. The zero-order valence-corrected chi connectivity index (χ0v) is 9.00. The van der Waals surface area contributed by atoms with Crippen molar-refractivity contribution in [3.8, 4) is 5.75 Å². The molecule has 4 nitrogen and oxygen atoms in total. The van der Waals surface area contributed by atoms with Gasteiger partial charge in [-0.25, -0.2) is 0 Å². The largest absolute Gasteiger partial charge is 0.487 e. The third-order valence-corrected chi connectivity index (χ3v) is 2.68. The lowest BCUT2D eigenvalue weighted by atomic mass is 10.2. The molecule has 0 atom stereocenters. The number of halogens is 1. The van der Waals surface area contributed by atoms with Crippen LogP contribution in [0.25, 0.3) is 11.0 Å². The molecule has 0 saturated carbocycles. The minimum Gasteiger partial charge on any atom is -0.487 e. The van der Waals surface area contributed by atoms with E-state index >= 15 is 0 Å². The van der Waals surface area contributed by atoms with Crippen LogP contribution in [0.5, 0.6) is 5.75 Å². The highest BCUT2D eigenvalue weighted by molar-refractivity contribution is 6.31. The topological polar surface area (TPSA) is 51.5 Å². The van der Waals surface area contributed by atoms with Crippen molar-refractivity contribution in [2.75, 3.05) is 13.2 Å². The zero-order chi connectivity index (χ0) is 11.1. The Balaban J connectivity index is 2.29. The number of carbonyl (C=O) groups excluding carboxylic acids is 1. The average Bonchev–Trinajstić information content (AvgIpc) is 2.52. The molecule has 0 radical (unpaired) electrons. The van der Waals surface area contributed by atoms with Gasteiger partial charge in [0.2, 0.25) is 5.76 Å². The monoisotopic (exact) mass is 237 g/mol. The van der Waals surface area contributed by atoms with Gasteiger partial charge in [0.15, 0.2) is 5.75 Å². The van der Waals surface area contributed by atoms with Crippen LogP contribution in [0.4, 0.5) is 0 Å². The van der Waals surface area contributed by atoms with Gasteiger partial charge in [0.05, 0.1) is 11.9 Å². The summed E-state index contributed by atoms with van der Waals surface area (Å²) >= 11 is 5.85. The summed E-state index contributed by atoms with van der Waals surface area (Å²) in [5, 5.41) is 4.03. The highest BCUT2D eigenvalue weighted by atomic mass is 35.5. The lowest BCUT2D eigenvalue weighted by Crippen LogP contribution is -2.24. The summed E-state index contributed by atoms with van der Waals surface area (Å²) in [6.45, 7) is 0.925. The third kappa shape index (κ3) is 1.34. The van der Waals surface area contributed by atoms with Gasteiger partial charge in [-0.3, -0.25) is 4.79 Å². The quantitative estimate of drug-likeness (QED) is 0.764. The Hall–Kier alpha value is -1.68.